The smallest absolute Gasteiger partial charge is 0.255 e. The van der Waals surface area contributed by atoms with Crippen molar-refractivity contribution >= 4 is 17.7 Å². The number of amides is 3. The van der Waals surface area contributed by atoms with Crippen LogP contribution in [0.2, 0.25) is 0 Å². The van der Waals surface area contributed by atoms with Crippen molar-refractivity contribution in [3.63, 3.8) is 0 Å². The molecule has 3 amide bonds. The van der Waals surface area contributed by atoms with Crippen molar-refractivity contribution in [1.82, 2.24) is 20.1 Å². The Morgan fingerprint density at radius 3 is 2.59 bits per heavy atom. The molecule has 4 heterocycles. The van der Waals surface area contributed by atoms with Crippen LogP contribution in [0.1, 0.15) is 53.7 Å². The Labute approximate surface area is 194 Å². The molecule has 0 saturated carbocycles. The molecule has 5 rings (SSSR count). The van der Waals surface area contributed by atoms with E-state index in [2.05, 4.69) is 10.3 Å². The molecule has 0 aliphatic carbocycles. The number of imide groups is 1. The van der Waals surface area contributed by atoms with Gasteiger partial charge in [0, 0.05) is 54.5 Å². The summed E-state index contributed by atoms with van der Waals surface area (Å²) in [5.74, 6) is -2.90. The molecule has 2 saturated heterocycles. The Hall–Kier alpha value is -3.24. The Morgan fingerprint density at radius 1 is 1.12 bits per heavy atom. The van der Waals surface area contributed by atoms with E-state index in [1.807, 2.05) is 4.90 Å². The van der Waals surface area contributed by atoms with Crippen LogP contribution >= 0.6 is 0 Å². The van der Waals surface area contributed by atoms with Crippen LogP contribution in [0.15, 0.2) is 24.4 Å². The maximum Gasteiger partial charge on any atom is 0.255 e. The molecule has 1 aromatic heterocycles. The molecule has 2 fully saturated rings. The van der Waals surface area contributed by atoms with E-state index < -0.39 is 47.5 Å². The van der Waals surface area contributed by atoms with Gasteiger partial charge in [-0.2, -0.15) is 0 Å². The van der Waals surface area contributed by atoms with Crippen LogP contribution in [0.5, 0.6) is 0 Å². The summed E-state index contributed by atoms with van der Waals surface area (Å²) in [7, 11) is 0. The van der Waals surface area contributed by atoms with Gasteiger partial charge in [0.05, 0.1) is 12.1 Å². The van der Waals surface area contributed by atoms with Gasteiger partial charge in [0.25, 0.3) is 5.91 Å². The number of piperidine rings is 1. The van der Waals surface area contributed by atoms with Gasteiger partial charge in [-0.25, -0.2) is 8.78 Å². The third-order valence-corrected chi connectivity index (χ3v) is 6.89. The number of β-amino-alcohol motifs (C(OH)–C–C–N with tert-alkyl or cyclic N) is 1. The van der Waals surface area contributed by atoms with Gasteiger partial charge >= 0.3 is 0 Å². The van der Waals surface area contributed by atoms with Crippen molar-refractivity contribution in [2.75, 3.05) is 13.1 Å². The number of nitrogens with one attached hydrogen (secondary N) is 1. The Bertz CT molecular complexity index is 1200. The van der Waals surface area contributed by atoms with Crippen molar-refractivity contribution in [2.45, 2.75) is 50.9 Å². The summed E-state index contributed by atoms with van der Waals surface area (Å²) >= 11 is 0. The van der Waals surface area contributed by atoms with Gasteiger partial charge in [0.1, 0.15) is 17.6 Å². The number of pyridine rings is 1. The SMILES string of the molecule is CC1c2c(ccc(-c3nccc(CN4CCC(O)C4)c3F)c2F)C(=O)N1C1CCC(=O)NC1=O. The molecule has 8 nitrogen and oxygen atoms in total. The fourth-order valence-corrected chi connectivity index (χ4v) is 5.17. The number of aliphatic hydroxyl groups excluding tert-OH is 1. The first-order valence-corrected chi connectivity index (χ1v) is 11.3. The maximum atomic E-state index is 15.8. The second-order valence-electron chi connectivity index (χ2n) is 9.05. The van der Waals surface area contributed by atoms with Crippen LogP contribution in [0.25, 0.3) is 11.3 Å². The van der Waals surface area contributed by atoms with Crippen molar-refractivity contribution < 1.29 is 28.3 Å². The third kappa shape index (κ3) is 3.67. The molecular weight excluding hydrogens is 446 g/mol. The molecule has 1 aromatic carbocycles. The van der Waals surface area contributed by atoms with Gasteiger partial charge in [-0.05, 0) is 38.0 Å². The zero-order valence-corrected chi connectivity index (χ0v) is 18.6. The number of rotatable bonds is 4. The number of aliphatic hydroxyl groups is 1. The highest BCUT2D eigenvalue weighted by molar-refractivity contribution is 6.06. The van der Waals surface area contributed by atoms with Gasteiger partial charge in [-0.1, -0.05) is 0 Å². The van der Waals surface area contributed by atoms with Gasteiger partial charge < -0.3 is 10.0 Å². The summed E-state index contributed by atoms with van der Waals surface area (Å²) in [5, 5.41) is 12.0. The molecule has 34 heavy (non-hydrogen) atoms. The highest BCUT2D eigenvalue weighted by Gasteiger charge is 2.45. The second kappa shape index (κ2) is 8.52. The quantitative estimate of drug-likeness (QED) is 0.662. The van der Waals surface area contributed by atoms with E-state index in [0.29, 0.717) is 25.1 Å². The number of likely N-dealkylation sites (tertiary alicyclic amines) is 1. The number of benzene rings is 1. The number of fused-ring (bicyclic) bond motifs is 1. The monoisotopic (exact) mass is 470 g/mol. The fraction of sp³-hybridized carbons (Fsp3) is 0.417. The summed E-state index contributed by atoms with van der Waals surface area (Å²) in [6.45, 7) is 2.96. The summed E-state index contributed by atoms with van der Waals surface area (Å²) in [4.78, 5) is 44.2. The zero-order chi connectivity index (χ0) is 24.1. The lowest BCUT2D eigenvalue weighted by molar-refractivity contribution is -0.137. The van der Waals surface area contributed by atoms with Crippen LogP contribution in [0.3, 0.4) is 0 Å². The summed E-state index contributed by atoms with van der Waals surface area (Å²) in [5.41, 5.74) is 0.316. The fourth-order valence-electron chi connectivity index (χ4n) is 5.17. The second-order valence-corrected chi connectivity index (χ2v) is 9.05. The lowest BCUT2D eigenvalue weighted by Gasteiger charge is -2.32. The Balaban J connectivity index is 1.48. The zero-order valence-electron chi connectivity index (χ0n) is 18.6. The first kappa shape index (κ1) is 22.5. The molecule has 2 aromatic rings. The lowest BCUT2D eigenvalue weighted by atomic mass is 9.97. The molecule has 0 spiro atoms. The van der Waals surface area contributed by atoms with E-state index in [0.717, 1.165) is 0 Å². The molecular formula is C24H24F2N4O4. The van der Waals surface area contributed by atoms with Crippen LogP contribution < -0.4 is 5.32 Å². The molecule has 3 unspecified atom stereocenters. The minimum atomic E-state index is -0.885. The summed E-state index contributed by atoms with van der Waals surface area (Å²) in [6.07, 6.45) is 1.84. The highest BCUT2D eigenvalue weighted by Crippen LogP contribution is 2.41. The number of hydrogen-bond donors (Lipinski definition) is 2. The van der Waals surface area contributed by atoms with E-state index in [1.54, 1.807) is 6.92 Å². The summed E-state index contributed by atoms with van der Waals surface area (Å²) in [6, 6.07) is 2.64. The number of carbonyl (C=O) groups excluding carboxylic acids is 3. The van der Waals surface area contributed by atoms with Crippen LogP contribution in [-0.2, 0) is 16.1 Å². The molecule has 3 aliphatic rings. The Kier molecular flexibility index (Phi) is 5.65. The predicted molar refractivity (Wildman–Crippen MR) is 116 cm³/mol. The maximum absolute atomic E-state index is 15.8. The molecule has 3 aliphatic heterocycles. The van der Waals surface area contributed by atoms with Gasteiger partial charge in [0.15, 0.2) is 5.82 Å². The predicted octanol–water partition coefficient (Wildman–Crippen LogP) is 1.92. The van der Waals surface area contributed by atoms with Crippen LogP contribution in [0.4, 0.5) is 8.78 Å². The largest absolute Gasteiger partial charge is 0.392 e. The molecule has 0 bridgehead atoms. The van der Waals surface area contributed by atoms with Crippen LogP contribution in [0, 0.1) is 11.6 Å². The summed E-state index contributed by atoms with van der Waals surface area (Å²) < 4.78 is 31.2. The number of halogens is 2. The average Bonchev–Trinajstić information content (AvgIpc) is 3.31. The van der Waals surface area contributed by atoms with Gasteiger partial charge in [-0.15, -0.1) is 0 Å². The highest BCUT2D eigenvalue weighted by atomic mass is 19.1. The third-order valence-electron chi connectivity index (χ3n) is 6.89. The first-order valence-electron chi connectivity index (χ1n) is 11.3. The lowest BCUT2D eigenvalue weighted by Crippen LogP contribution is -2.53. The van der Waals surface area contributed by atoms with Crippen molar-refractivity contribution in [3.05, 3.63) is 52.7 Å². The van der Waals surface area contributed by atoms with E-state index in [4.69, 9.17) is 0 Å². The van der Waals surface area contributed by atoms with Gasteiger partial charge in [-0.3, -0.25) is 29.6 Å². The van der Waals surface area contributed by atoms with Crippen molar-refractivity contribution in [3.8, 4) is 11.3 Å². The molecule has 10 heteroatoms. The standard InChI is InChI=1S/C24H24F2N4O4/c1-12-19-15(24(34)30(12)17-4-5-18(32)28-23(17)33)2-3-16(21(19)26)22-20(25)13(6-8-27-22)10-29-9-7-14(31)11-29/h2-3,6,8,12,14,17,31H,4-5,7,9-11H2,1H3,(H,28,32,33). The van der Waals surface area contributed by atoms with Gasteiger partial charge in [0.2, 0.25) is 11.8 Å². The molecule has 3 atom stereocenters. The topological polar surface area (TPSA) is 103 Å². The first-order chi connectivity index (χ1) is 16.3. The number of nitrogens with zero attached hydrogens (tertiary/aromatic N) is 3. The van der Waals surface area contributed by atoms with E-state index in [9.17, 15) is 19.5 Å². The van der Waals surface area contributed by atoms with Crippen molar-refractivity contribution in [2.24, 2.45) is 0 Å². The average molecular weight is 470 g/mol. The molecule has 2 N–H and O–H groups in total. The van der Waals surface area contributed by atoms with E-state index in [1.165, 1.54) is 29.3 Å². The number of hydrogen-bond acceptors (Lipinski definition) is 6. The van der Waals surface area contributed by atoms with Crippen LogP contribution in [-0.4, -0.2) is 62.8 Å². The molecule has 0 radical (unpaired) electrons. The van der Waals surface area contributed by atoms with Crippen molar-refractivity contribution in [1.29, 1.82) is 0 Å². The van der Waals surface area contributed by atoms with E-state index in [-0.39, 0.29) is 41.8 Å². The normalized spacial score (nSPS) is 25.1. The molecule has 178 valence electrons. The minimum absolute atomic E-state index is 0.0654. The van der Waals surface area contributed by atoms with E-state index >= 15 is 8.78 Å². The number of aromatic nitrogens is 1. The Morgan fingerprint density at radius 2 is 1.88 bits per heavy atom. The number of carbonyl (C=O) groups is 3. The minimum Gasteiger partial charge on any atom is -0.392 e.